The molecule has 3 aromatic carbocycles. The molecule has 3 aromatic rings. The predicted molar refractivity (Wildman–Crippen MR) is 194 cm³/mol. The van der Waals surface area contributed by atoms with Crippen LogP contribution in [0.25, 0.3) is 0 Å². The number of para-hydroxylation sites is 1. The summed E-state index contributed by atoms with van der Waals surface area (Å²) in [5.74, 6) is -1.92. The van der Waals surface area contributed by atoms with Gasteiger partial charge in [-0.2, -0.15) is 0 Å². The minimum atomic E-state index is -0.886. The third-order valence-corrected chi connectivity index (χ3v) is 12.6. The summed E-state index contributed by atoms with van der Waals surface area (Å²) < 4.78 is -0.850. The van der Waals surface area contributed by atoms with Crippen LogP contribution in [-0.4, -0.2) is 69.5 Å². The third-order valence-electron chi connectivity index (χ3n) is 10.5. The second-order valence-corrected chi connectivity index (χ2v) is 15.0. The van der Waals surface area contributed by atoms with E-state index < -0.39 is 28.7 Å². The fourth-order valence-corrected chi connectivity index (χ4v) is 10.8. The van der Waals surface area contributed by atoms with Gasteiger partial charge >= 0.3 is 0 Å². The van der Waals surface area contributed by atoms with Crippen molar-refractivity contribution < 1.29 is 19.5 Å². The van der Waals surface area contributed by atoms with E-state index in [0.29, 0.717) is 19.4 Å². The molecule has 6 rings (SSSR count). The van der Waals surface area contributed by atoms with Gasteiger partial charge in [0.2, 0.25) is 11.8 Å². The molecule has 0 aromatic heterocycles. The molecule has 3 aliphatic rings. The summed E-state index contributed by atoms with van der Waals surface area (Å²) in [7, 11) is 0. The van der Waals surface area contributed by atoms with E-state index in [4.69, 9.17) is 0 Å². The number of aryl methyl sites for hydroxylation is 2. The van der Waals surface area contributed by atoms with Crippen LogP contribution in [0.15, 0.2) is 104 Å². The van der Waals surface area contributed by atoms with Gasteiger partial charge in [0.25, 0.3) is 5.91 Å². The van der Waals surface area contributed by atoms with Gasteiger partial charge in [-0.1, -0.05) is 79.7 Å². The molecule has 2 bridgehead atoms. The lowest BCUT2D eigenvalue weighted by Gasteiger charge is -2.42. The minimum absolute atomic E-state index is 0.0192. The molecule has 0 aliphatic carbocycles. The number of hydrogen-bond donors (Lipinski definition) is 1. The molecule has 3 amide bonds. The molecule has 1 spiro atoms. The Morgan fingerprint density at radius 3 is 2.27 bits per heavy atom. The number of aliphatic hydroxyl groups is 1. The number of rotatable bonds is 12. The van der Waals surface area contributed by atoms with Gasteiger partial charge in [0.05, 0.1) is 29.2 Å². The molecule has 3 aliphatic heterocycles. The van der Waals surface area contributed by atoms with Crippen molar-refractivity contribution in [3.63, 3.8) is 0 Å². The van der Waals surface area contributed by atoms with Crippen molar-refractivity contribution in [1.82, 2.24) is 4.90 Å². The van der Waals surface area contributed by atoms with E-state index in [0.717, 1.165) is 28.1 Å². The molecule has 7 nitrogen and oxygen atoms in total. The summed E-state index contributed by atoms with van der Waals surface area (Å²) in [5.41, 5.74) is 4.44. The van der Waals surface area contributed by atoms with Crippen LogP contribution in [0.2, 0.25) is 0 Å². The van der Waals surface area contributed by atoms with Crippen LogP contribution >= 0.6 is 11.8 Å². The van der Waals surface area contributed by atoms with Crippen LogP contribution in [0.4, 0.5) is 11.4 Å². The Balaban J connectivity index is 1.49. The molecule has 250 valence electrons. The maximum Gasteiger partial charge on any atom is 0.251 e. The van der Waals surface area contributed by atoms with Gasteiger partial charge in [-0.05, 0) is 67.5 Å². The van der Waals surface area contributed by atoms with Crippen LogP contribution in [0.3, 0.4) is 0 Å². The first-order chi connectivity index (χ1) is 23.2. The van der Waals surface area contributed by atoms with Crippen molar-refractivity contribution in [3.8, 4) is 0 Å². The average Bonchev–Trinajstić information content (AvgIpc) is 3.70. The number of benzene rings is 3. The van der Waals surface area contributed by atoms with E-state index in [9.17, 15) is 9.90 Å². The van der Waals surface area contributed by atoms with Gasteiger partial charge in [-0.3, -0.25) is 14.4 Å². The van der Waals surface area contributed by atoms with Crippen molar-refractivity contribution in [1.29, 1.82) is 0 Å². The largest absolute Gasteiger partial charge is 0.394 e. The average molecular weight is 664 g/mol. The first-order valence-corrected chi connectivity index (χ1v) is 17.7. The number of fused-ring (bicyclic) bond motifs is 1. The van der Waals surface area contributed by atoms with Gasteiger partial charge in [0.1, 0.15) is 6.04 Å². The number of thioether (sulfide) groups is 1. The summed E-state index contributed by atoms with van der Waals surface area (Å²) in [6.07, 6.45) is 4.52. The van der Waals surface area contributed by atoms with Gasteiger partial charge in [-0.15, -0.1) is 24.9 Å². The maximum atomic E-state index is 15.3. The fourth-order valence-electron chi connectivity index (χ4n) is 8.38. The highest BCUT2D eigenvalue weighted by Gasteiger charge is 2.77. The molecule has 0 saturated carbocycles. The maximum absolute atomic E-state index is 15.3. The first-order valence-electron chi connectivity index (χ1n) is 16.8. The number of likely N-dealkylation sites (tertiary alicyclic amines) is 1. The van der Waals surface area contributed by atoms with E-state index >= 15 is 9.59 Å². The number of carbonyl (C=O) groups excluding carboxylic acids is 3. The van der Waals surface area contributed by atoms with Crippen LogP contribution in [0, 0.1) is 31.6 Å². The number of aliphatic hydroxyl groups excluding tert-OH is 1. The lowest BCUT2D eigenvalue weighted by Crippen LogP contribution is -2.60. The topological polar surface area (TPSA) is 81.2 Å². The van der Waals surface area contributed by atoms with E-state index in [2.05, 4.69) is 20.1 Å². The Hall–Kier alpha value is -4.14. The Labute approximate surface area is 288 Å². The lowest BCUT2D eigenvalue weighted by molar-refractivity contribution is -0.141. The van der Waals surface area contributed by atoms with Crippen molar-refractivity contribution in [2.45, 2.75) is 55.7 Å². The summed E-state index contributed by atoms with van der Waals surface area (Å²) in [6.45, 7) is 14.2. The fraction of sp³-hybridized carbons (Fsp3) is 0.375. The Kier molecular flexibility index (Phi) is 9.68. The van der Waals surface area contributed by atoms with E-state index in [1.54, 1.807) is 38.6 Å². The molecule has 7 atom stereocenters. The molecule has 3 fully saturated rings. The number of amides is 3. The highest BCUT2D eigenvalue weighted by Crippen LogP contribution is 2.69. The standard InChI is InChI=1S/C40H45N3O4S/c1-6-20-41(30-16-12-9-13-17-30)37(45)34-33-23-28(5)40(48-33)35(34)38(46)43(31(25-44)24-29-14-10-8-11-15-29)36(40)39(47)42(21-7-2)32-22-26(3)18-19-27(32)4/h6-19,22,28,31,33-36,44H,1-2,20-21,23-25H2,3-5H3/t28?,31-,33+,34-,35+,36?,40?/m1/s1. The summed E-state index contributed by atoms with van der Waals surface area (Å²) in [4.78, 5) is 50.3. The highest BCUT2D eigenvalue weighted by molar-refractivity contribution is 8.02. The highest BCUT2D eigenvalue weighted by atomic mass is 32.2. The van der Waals surface area contributed by atoms with Crippen molar-refractivity contribution in [3.05, 3.63) is 121 Å². The van der Waals surface area contributed by atoms with Crippen molar-refractivity contribution >= 4 is 40.9 Å². The molecule has 1 N–H and O–H groups in total. The van der Waals surface area contributed by atoms with Crippen LogP contribution in [0.1, 0.15) is 30.0 Å². The summed E-state index contributed by atoms with van der Waals surface area (Å²) in [5, 5.41) is 10.8. The molecule has 3 saturated heterocycles. The number of carbonyl (C=O) groups is 3. The second-order valence-electron chi connectivity index (χ2n) is 13.4. The van der Waals surface area contributed by atoms with Crippen LogP contribution < -0.4 is 9.80 Å². The van der Waals surface area contributed by atoms with Crippen molar-refractivity contribution in [2.75, 3.05) is 29.5 Å². The summed E-state index contributed by atoms with van der Waals surface area (Å²) >= 11 is 1.65. The van der Waals surface area contributed by atoms with Crippen molar-refractivity contribution in [2.24, 2.45) is 17.8 Å². The molecule has 48 heavy (non-hydrogen) atoms. The molecule has 0 radical (unpaired) electrons. The monoisotopic (exact) mass is 663 g/mol. The van der Waals surface area contributed by atoms with Gasteiger partial charge in [0.15, 0.2) is 0 Å². The SMILES string of the molecule is C=CCN(C(=O)[C@@H]1[C@@H]2CC(C)C3(S2)C(C(=O)N(CC=C)c2cc(C)ccc2C)N([C@@H](CO)Cc2ccccc2)C(=O)[C@H]13)c1ccccc1. The number of nitrogens with zero attached hydrogens (tertiary/aromatic N) is 3. The zero-order valence-corrected chi connectivity index (χ0v) is 28.8. The third kappa shape index (κ3) is 5.59. The van der Waals surface area contributed by atoms with E-state index in [1.165, 1.54) is 0 Å². The molecule has 8 heteroatoms. The zero-order chi connectivity index (χ0) is 34.2. The first kappa shape index (κ1) is 33.7. The Morgan fingerprint density at radius 2 is 1.62 bits per heavy atom. The zero-order valence-electron chi connectivity index (χ0n) is 28.0. The Bertz CT molecular complexity index is 1700. The second kappa shape index (κ2) is 13.8. The van der Waals surface area contributed by atoms with Crippen LogP contribution in [0.5, 0.6) is 0 Å². The van der Waals surface area contributed by atoms with Crippen LogP contribution in [-0.2, 0) is 20.8 Å². The number of anilines is 2. The summed E-state index contributed by atoms with van der Waals surface area (Å²) in [6, 6.07) is 23.7. The van der Waals surface area contributed by atoms with Gasteiger partial charge < -0.3 is 19.8 Å². The minimum Gasteiger partial charge on any atom is -0.394 e. The quantitative estimate of drug-likeness (QED) is 0.241. The molecular weight excluding hydrogens is 619 g/mol. The smallest absolute Gasteiger partial charge is 0.251 e. The molecular formula is C40H45N3O4S. The molecule has 3 heterocycles. The Morgan fingerprint density at radius 1 is 0.979 bits per heavy atom. The lowest BCUT2D eigenvalue weighted by atomic mass is 9.65. The normalized spacial score (nSPS) is 26.2. The predicted octanol–water partition coefficient (Wildman–Crippen LogP) is 5.98. The van der Waals surface area contributed by atoms with Gasteiger partial charge in [0, 0.05) is 29.7 Å². The van der Waals surface area contributed by atoms with Gasteiger partial charge in [-0.25, -0.2) is 0 Å². The molecule has 3 unspecified atom stereocenters. The van der Waals surface area contributed by atoms with E-state index in [-0.39, 0.29) is 42.0 Å². The van der Waals surface area contributed by atoms with E-state index in [1.807, 2.05) is 92.7 Å². The number of hydrogen-bond acceptors (Lipinski definition) is 5.